The third-order valence-corrected chi connectivity index (χ3v) is 5.77. The molecular formula is C31H25NO2. The third-order valence-electron chi connectivity index (χ3n) is 5.77. The smallest absolute Gasteiger partial charge is 0.119 e. The first-order valence-corrected chi connectivity index (χ1v) is 11.1. The van der Waals surface area contributed by atoms with E-state index in [4.69, 9.17) is 21.2 Å². The molecule has 0 radical (unpaired) electrons. The Hall–Kier alpha value is -4.47. The molecule has 0 aliphatic heterocycles. The Bertz CT molecular complexity index is 1190. The van der Waals surface area contributed by atoms with Gasteiger partial charge < -0.3 is 9.47 Å². The fourth-order valence-corrected chi connectivity index (χ4v) is 3.60. The maximum atomic E-state index is 8.89. The van der Waals surface area contributed by atoms with E-state index >= 15 is 0 Å². The topological polar surface area (TPSA) is 42.2 Å². The van der Waals surface area contributed by atoms with E-state index in [1.807, 2.05) is 60.7 Å². The lowest BCUT2D eigenvalue weighted by Crippen LogP contribution is -1.99. The van der Waals surface area contributed by atoms with Crippen LogP contribution in [-0.4, -0.2) is 0 Å². The number of nitriles is 1. The summed E-state index contributed by atoms with van der Waals surface area (Å²) >= 11 is 0. The molecule has 4 aromatic carbocycles. The summed E-state index contributed by atoms with van der Waals surface area (Å²) in [7, 11) is 0. The van der Waals surface area contributed by atoms with Gasteiger partial charge in [0.1, 0.15) is 24.7 Å². The number of terminal acetylenes is 1. The highest BCUT2D eigenvalue weighted by atomic mass is 16.5. The molecule has 0 spiro atoms. The van der Waals surface area contributed by atoms with Crippen LogP contribution in [0.4, 0.5) is 0 Å². The van der Waals surface area contributed by atoms with Gasteiger partial charge in [0.05, 0.1) is 11.6 Å². The first-order chi connectivity index (χ1) is 16.6. The van der Waals surface area contributed by atoms with Gasteiger partial charge in [0.2, 0.25) is 0 Å². The number of ether oxygens (including phenoxy) is 2. The summed E-state index contributed by atoms with van der Waals surface area (Å²) in [6.45, 7) is 3.16. The molecular weight excluding hydrogens is 418 g/mol. The lowest BCUT2D eigenvalue weighted by molar-refractivity contribution is 0.306. The Balaban J connectivity index is 1.31. The second-order valence-corrected chi connectivity index (χ2v) is 8.09. The minimum Gasteiger partial charge on any atom is -0.489 e. The Labute approximate surface area is 201 Å². The van der Waals surface area contributed by atoms with E-state index in [0.717, 1.165) is 28.2 Å². The van der Waals surface area contributed by atoms with Gasteiger partial charge in [-0.1, -0.05) is 61.4 Å². The zero-order chi connectivity index (χ0) is 23.8. The zero-order valence-electron chi connectivity index (χ0n) is 19.1. The van der Waals surface area contributed by atoms with Gasteiger partial charge in [-0.25, -0.2) is 0 Å². The molecule has 0 bridgehead atoms. The summed E-state index contributed by atoms with van der Waals surface area (Å²) in [4.78, 5) is 0. The molecule has 1 atom stereocenters. The average molecular weight is 444 g/mol. The molecule has 0 aromatic heterocycles. The molecule has 0 fully saturated rings. The summed E-state index contributed by atoms with van der Waals surface area (Å²) < 4.78 is 11.8. The van der Waals surface area contributed by atoms with Crippen LogP contribution >= 0.6 is 0 Å². The number of hydrogen-bond acceptors (Lipinski definition) is 3. The standard InChI is InChI=1S/C31H25NO2/c1-3-24-4-8-26(9-5-24)21-33-30-16-12-28(13-17-30)23(2)29-14-18-31(19-15-29)34-22-27-10-6-25(20-32)7-11-27/h1,4-19,23H,21-22H2,2H3. The summed E-state index contributed by atoms with van der Waals surface area (Å²) in [6.07, 6.45) is 5.40. The highest BCUT2D eigenvalue weighted by Gasteiger charge is 2.09. The van der Waals surface area contributed by atoms with Crippen molar-refractivity contribution in [1.29, 1.82) is 5.26 Å². The molecule has 4 aromatic rings. The Morgan fingerprint density at radius 1 is 0.647 bits per heavy atom. The van der Waals surface area contributed by atoms with Crippen molar-refractivity contribution in [1.82, 2.24) is 0 Å². The van der Waals surface area contributed by atoms with Crippen LogP contribution in [0.15, 0.2) is 97.1 Å². The molecule has 166 valence electrons. The van der Waals surface area contributed by atoms with Crippen molar-refractivity contribution in [2.75, 3.05) is 0 Å². The lowest BCUT2D eigenvalue weighted by atomic mass is 9.93. The molecule has 34 heavy (non-hydrogen) atoms. The van der Waals surface area contributed by atoms with Crippen molar-refractivity contribution < 1.29 is 9.47 Å². The van der Waals surface area contributed by atoms with E-state index in [0.29, 0.717) is 18.8 Å². The van der Waals surface area contributed by atoms with Crippen LogP contribution in [0, 0.1) is 23.7 Å². The number of nitrogens with zero attached hydrogens (tertiary/aromatic N) is 1. The van der Waals surface area contributed by atoms with Gasteiger partial charge in [0.25, 0.3) is 0 Å². The minimum atomic E-state index is 0.248. The van der Waals surface area contributed by atoms with Crippen molar-refractivity contribution in [3.63, 3.8) is 0 Å². The molecule has 0 aliphatic rings. The fourth-order valence-electron chi connectivity index (χ4n) is 3.60. The van der Waals surface area contributed by atoms with Gasteiger partial charge in [0.15, 0.2) is 0 Å². The first kappa shape index (κ1) is 22.7. The van der Waals surface area contributed by atoms with Gasteiger partial charge in [-0.2, -0.15) is 5.26 Å². The maximum absolute atomic E-state index is 8.89. The average Bonchev–Trinajstić information content (AvgIpc) is 2.91. The van der Waals surface area contributed by atoms with Gasteiger partial charge >= 0.3 is 0 Å². The van der Waals surface area contributed by atoms with E-state index in [9.17, 15) is 0 Å². The maximum Gasteiger partial charge on any atom is 0.119 e. The number of rotatable bonds is 8. The van der Waals surface area contributed by atoms with Crippen molar-refractivity contribution in [3.8, 4) is 29.9 Å². The summed E-state index contributed by atoms with van der Waals surface area (Å²) in [5.74, 6) is 4.52. The monoisotopic (exact) mass is 443 g/mol. The van der Waals surface area contributed by atoms with Crippen LogP contribution in [0.1, 0.15) is 46.2 Å². The van der Waals surface area contributed by atoms with E-state index in [2.05, 4.69) is 43.2 Å². The second-order valence-electron chi connectivity index (χ2n) is 8.09. The number of benzene rings is 4. The number of hydrogen-bond donors (Lipinski definition) is 0. The molecule has 1 unspecified atom stereocenters. The van der Waals surface area contributed by atoms with E-state index in [1.54, 1.807) is 12.1 Å². The van der Waals surface area contributed by atoms with Crippen LogP contribution in [0.5, 0.6) is 11.5 Å². The van der Waals surface area contributed by atoms with Crippen LogP contribution in [0.25, 0.3) is 0 Å². The predicted octanol–water partition coefficient (Wildman–Crippen LogP) is 6.85. The van der Waals surface area contributed by atoms with Crippen molar-refractivity contribution in [2.45, 2.75) is 26.1 Å². The zero-order valence-corrected chi connectivity index (χ0v) is 19.1. The molecule has 0 N–H and O–H groups in total. The minimum absolute atomic E-state index is 0.248. The molecule has 0 saturated carbocycles. The fraction of sp³-hybridized carbons (Fsp3) is 0.129. The molecule has 0 saturated heterocycles. The van der Waals surface area contributed by atoms with Crippen molar-refractivity contribution >= 4 is 0 Å². The van der Waals surface area contributed by atoms with Gasteiger partial charge in [-0.05, 0) is 70.8 Å². The van der Waals surface area contributed by atoms with Gasteiger partial charge in [-0.15, -0.1) is 6.42 Å². The Kier molecular flexibility index (Phi) is 7.28. The Morgan fingerprint density at radius 2 is 1.06 bits per heavy atom. The van der Waals surface area contributed by atoms with Gasteiger partial charge in [-0.3, -0.25) is 0 Å². The quantitative estimate of drug-likeness (QED) is 0.280. The molecule has 4 rings (SSSR count). The first-order valence-electron chi connectivity index (χ1n) is 11.1. The predicted molar refractivity (Wildman–Crippen MR) is 135 cm³/mol. The van der Waals surface area contributed by atoms with E-state index in [1.165, 1.54) is 11.1 Å². The molecule has 3 heteroatoms. The summed E-state index contributed by atoms with van der Waals surface area (Å²) in [5.41, 5.74) is 6.07. The summed E-state index contributed by atoms with van der Waals surface area (Å²) in [6, 6.07) is 33.8. The SMILES string of the molecule is C#Cc1ccc(COc2ccc(C(C)c3ccc(OCc4ccc(C#N)cc4)cc3)cc2)cc1. The van der Waals surface area contributed by atoms with Crippen LogP contribution in [0.3, 0.4) is 0 Å². The molecule has 0 aliphatic carbocycles. The van der Waals surface area contributed by atoms with E-state index in [-0.39, 0.29) is 5.92 Å². The normalized spacial score (nSPS) is 11.1. The third kappa shape index (κ3) is 5.85. The van der Waals surface area contributed by atoms with E-state index < -0.39 is 0 Å². The highest BCUT2D eigenvalue weighted by molar-refractivity contribution is 5.38. The second kappa shape index (κ2) is 10.9. The molecule has 0 amide bonds. The van der Waals surface area contributed by atoms with Crippen molar-refractivity contribution in [2.24, 2.45) is 0 Å². The van der Waals surface area contributed by atoms with Crippen LogP contribution < -0.4 is 9.47 Å². The molecule has 3 nitrogen and oxygen atoms in total. The molecule has 0 heterocycles. The highest BCUT2D eigenvalue weighted by Crippen LogP contribution is 2.27. The van der Waals surface area contributed by atoms with Crippen molar-refractivity contribution in [3.05, 3.63) is 130 Å². The largest absolute Gasteiger partial charge is 0.489 e. The van der Waals surface area contributed by atoms with Crippen LogP contribution in [-0.2, 0) is 13.2 Å². The Morgan fingerprint density at radius 3 is 1.44 bits per heavy atom. The van der Waals surface area contributed by atoms with Gasteiger partial charge in [0, 0.05) is 11.5 Å². The lowest BCUT2D eigenvalue weighted by Gasteiger charge is -2.15. The van der Waals surface area contributed by atoms with Crippen LogP contribution in [0.2, 0.25) is 0 Å². The summed E-state index contributed by atoms with van der Waals surface area (Å²) in [5, 5.41) is 8.89.